The number of rotatable bonds is 18. The van der Waals surface area contributed by atoms with Gasteiger partial charge in [-0.05, 0) is 93.8 Å². The summed E-state index contributed by atoms with van der Waals surface area (Å²) in [6.07, 6.45) is 24.8. The van der Waals surface area contributed by atoms with E-state index in [0.717, 1.165) is 84.4 Å². The highest BCUT2D eigenvalue weighted by Crippen LogP contribution is 2.47. The SMILES string of the molecule is C=C.C=CCC(=[N+]=CCC)NC(C)c1ccc2oc3ccccc3c2c1.CCCC=O.CCCOC(CCC)(CCC)C1CC1.CNC/C=C/c1cccnc1. The molecule has 306 valence electrons. The summed E-state index contributed by atoms with van der Waals surface area (Å²) < 4.78 is 16.6. The summed E-state index contributed by atoms with van der Waals surface area (Å²) >= 11 is 0. The third-order valence-electron chi connectivity index (χ3n) is 9.04. The molecule has 2 aromatic carbocycles. The molecule has 0 bridgehead atoms. The number of likely N-dealkylation sites (N-methyl/N-ethyl adjacent to an activating group) is 1. The highest BCUT2D eigenvalue weighted by atomic mass is 16.5. The summed E-state index contributed by atoms with van der Waals surface area (Å²) in [4.78, 5) is 13.4. The van der Waals surface area contributed by atoms with Crippen LogP contribution in [0.5, 0.6) is 0 Å². The lowest BCUT2D eigenvalue weighted by molar-refractivity contribution is -0.107. The first-order valence-electron chi connectivity index (χ1n) is 20.8. The van der Waals surface area contributed by atoms with E-state index in [4.69, 9.17) is 9.15 Å². The lowest BCUT2D eigenvalue weighted by Gasteiger charge is -2.34. The van der Waals surface area contributed by atoms with Crippen LogP contribution in [0, 0.1) is 5.92 Å². The maximum Gasteiger partial charge on any atom is 0.346 e. The minimum Gasteiger partial charge on any atom is -0.456 e. The number of hydrogen-bond donors (Lipinski definition) is 2. The highest BCUT2D eigenvalue weighted by Gasteiger charge is 2.44. The molecule has 1 aliphatic rings. The Labute approximate surface area is 339 Å². The predicted octanol–water partition coefficient (Wildman–Crippen LogP) is 12.0. The van der Waals surface area contributed by atoms with Gasteiger partial charge in [0.15, 0.2) is 6.21 Å². The number of amidine groups is 1. The van der Waals surface area contributed by atoms with Gasteiger partial charge in [0.2, 0.25) is 0 Å². The van der Waals surface area contributed by atoms with Crippen LogP contribution in [0.3, 0.4) is 0 Å². The number of para-hydroxylation sites is 1. The summed E-state index contributed by atoms with van der Waals surface area (Å²) in [5.74, 6) is 1.82. The molecule has 1 fully saturated rings. The Bertz CT molecular complexity index is 1710. The fourth-order valence-corrected chi connectivity index (χ4v) is 6.30. The van der Waals surface area contributed by atoms with Crippen molar-refractivity contribution in [1.82, 2.24) is 20.3 Å². The van der Waals surface area contributed by atoms with Crippen molar-refractivity contribution < 1.29 is 13.9 Å². The zero-order valence-corrected chi connectivity index (χ0v) is 35.8. The molecule has 0 spiro atoms. The summed E-state index contributed by atoms with van der Waals surface area (Å²) in [6.45, 7) is 24.6. The molecule has 2 heterocycles. The lowest BCUT2D eigenvalue weighted by atomic mass is 9.87. The molecule has 0 aliphatic heterocycles. The summed E-state index contributed by atoms with van der Waals surface area (Å²) in [5, 5.41) is 8.83. The number of fused-ring (bicyclic) bond motifs is 3. The van der Waals surface area contributed by atoms with Crippen molar-refractivity contribution >= 4 is 46.4 Å². The molecule has 1 atom stereocenters. The van der Waals surface area contributed by atoms with Crippen molar-refractivity contribution in [3.8, 4) is 0 Å². The van der Waals surface area contributed by atoms with Gasteiger partial charge in [-0.2, -0.15) is 0 Å². The molecule has 7 heteroatoms. The number of nitrogens with one attached hydrogen (secondary N) is 2. The molecular weight excluding hydrogens is 693 g/mol. The van der Waals surface area contributed by atoms with E-state index >= 15 is 0 Å². The van der Waals surface area contributed by atoms with Crippen LogP contribution in [-0.2, 0) is 9.53 Å². The van der Waals surface area contributed by atoms with Crippen molar-refractivity contribution in [3.63, 3.8) is 0 Å². The number of aldehydes is 1. The zero-order valence-electron chi connectivity index (χ0n) is 35.8. The third-order valence-corrected chi connectivity index (χ3v) is 9.04. The van der Waals surface area contributed by atoms with Gasteiger partial charge in [-0.3, -0.25) is 10.3 Å². The van der Waals surface area contributed by atoms with Crippen molar-refractivity contribution in [3.05, 3.63) is 110 Å². The minimum absolute atomic E-state index is 0.159. The number of aromatic nitrogens is 1. The fraction of sp³-hybridized carbons (Fsp3) is 0.469. The van der Waals surface area contributed by atoms with Gasteiger partial charge in [-0.15, -0.1) is 19.7 Å². The van der Waals surface area contributed by atoms with E-state index < -0.39 is 0 Å². The van der Waals surface area contributed by atoms with Gasteiger partial charge < -0.3 is 19.3 Å². The Morgan fingerprint density at radius 3 is 2.25 bits per heavy atom. The molecule has 0 amide bonds. The van der Waals surface area contributed by atoms with E-state index in [-0.39, 0.29) is 11.6 Å². The van der Waals surface area contributed by atoms with Crippen LogP contribution < -0.4 is 15.3 Å². The first-order valence-corrected chi connectivity index (χ1v) is 20.8. The second kappa shape index (κ2) is 30.6. The maximum absolute atomic E-state index is 9.40. The molecule has 1 aliphatic carbocycles. The van der Waals surface area contributed by atoms with Crippen LogP contribution in [0.4, 0.5) is 0 Å². The lowest BCUT2D eigenvalue weighted by Crippen LogP contribution is -2.35. The topological polar surface area (TPSA) is 90.5 Å². The average molecular weight is 766 g/mol. The van der Waals surface area contributed by atoms with Crippen molar-refractivity contribution in [2.45, 2.75) is 124 Å². The smallest absolute Gasteiger partial charge is 0.346 e. The molecule has 2 aromatic heterocycles. The molecule has 1 saturated carbocycles. The number of unbranched alkanes of at least 4 members (excludes halogenated alkanes) is 1. The molecule has 5 rings (SSSR count). The van der Waals surface area contributed by atoms with Gasteiger partial charge in [0.25, 0.3) is 0 Å². The number of carbonyl (C=O) groups is 1. The first-order chi connectivity index (χ1) is 27.4. The quantitative estimate of drug-likeness (QED) is 0.0345. The average Bonchev–Trinajstić information content (AvgIpc) is 4.03. The maximum atomic E-state index is 9.40. The number of benzene rings is 2. The number of hydrogen-bond acceptors (Lipinski definition) is 5. The summed E-state index contributed by atoms with van der Waals surface area (Å²) in [6, 6.07) is 18.6. The zero-order chi connectivity index (χ0) is 41.4. The molecule has 56 heavy (non-hydrogen) atoms. The Morgan fingerprint density at radius 2 is 1.70 bits per heavy atom. The van der Waals surface area contributed by atoms with Crippen LogP contribution in [0.25, 0.3) is 28.0 Å². The van der Waals surface area contributed by atoms with Crippen LogP contribution in [-0.4, -0.2) is 49.1 Å². The molecule has 0 radical (unpaired) electrons. The monoisotopic (exact) mass is 766 g/mol. The van der Waals surface area contributed by atoms with Gasteiger partial charge in [-0.1, -0.05) is 96.0 Å². The van der Waals surface area contributed by atoms with Crippen LogP contribution >= 0.6 is 0 Å². The summed E-state index contributed by atoms with van der Waals surface area (Å²) in [7, 11) is 1.92. The fourth-order valence-electron chi connectivity index (χ4n) is 6.30. The van der Waals surface area contributed by atoms with Crippen molar-refractivity contribution in [2.24, 2.45) is 5.92 Å². The van der Waals surface area contributed by atoms with Crippen molar-refractivity contribution in [2.75, 3.05) is 20.2 Å². The van der Waals surface area contributed by atoms with E-state index in [2.05, 4.69) is 98.9 Å². The van der Waals surface area contributed by atoms with Gasteiger partial charge in [0, 0.05) is 49.2 Å². The van der Waals surface area contributed by atoms with Gasteiger partial charge >= 0.3 is 5.84 Å². The Hall–Kier alpha value is -4.55. The number of pyridine rings is 1. The second-order valence-corrected chi connectivity index (χ2v) is 13.8. The van der Waals surface area contributed by atoms with E-state index in [9.17, 15) is 4.79 Å². The number of ether oxygens (including phenoxy) is 1. The Morgan fingerprint density at radius 1 is 0.982 bits per heavy atom. The number of furan rings is 1. The largest absolute Gasteiger partial charge is 0.456 e. The van der Waals surface area contributed by atoms with E-state index in [1.807, 2.05) is 74.9 Å². The van der Waals surface area contributed by atoms with E-state index in [1.54, 1.807) is 6.20 Å². The van der Waals surface area contributed by atoms with Crippen molar-refractivity contribution in [1.29, 1.82) is 0 Å². The second-order valence-electron chi connectivity index (χ2n) is 13.8. The van der Waals surface area contributed by atoms with Crippen LogP contribution in [0.1, 0.15) is 129 Å². The standard InChI is InChI=1S/C21H22N2O.C13H26O.C9H12N2.C4H8O.C2H4/c1-4-8-21(22-13-5-2)23-15(3)16-11-12-20-18(14-16)17-9-6-7-10-19(17)24-20;1-4-9-13(10-5-2,12-7-8-12)14-11-6-3;1-10-6-2-4-9-5-3-7-11-8-9;1-2-3-4-5;1-2/h4,6-7,9-15H,1,5,8H2,2-3H3;12H,4-11H2,1-3H3;2-5,7-8,10H,6H2,1H3;4H,2-3H2,1H3;1-2H2/p+1/b;;4-2+;;. The van der Waals surface area contributed by atoms with E-state index in [0.29, 0.717) is 6.42 Å². The molecule has 1 unspecified atom stereocenters. The Balaban J connectivity index is 0.000000416. The molecule has 2 N–H and O–H groups in total. The minimum atomic E-state index is 0.159. The molecular formula is C49H73N4O3+. The van der Waals surface area contributed by atoms with Crippen LogP contribution in [0.2, 0.25) is 0 Å². The molecule has 7 nitrogen and oxygen atoms in total. The van der Waals surface area contributed by atoms with E-state index in [1.165, 1.54) is 44.1 Å². The van der Waals surface area contributed by atoms with Gasteiger partial charge in [0.1, 0.15) is 23.5 Å². The highest BCUT2D eigenvalue weighted by molar-refractivity contribution is 6.05. The third kappa shape index (κ3) is 18.4. The summed E-state index contributed by atoms with van der Waals surface area (Å²) in [5.41, 5.74) is 4.47. The molecule has 0 saturated heterocycles. The Kier molecular flexibility index (Phi) is 27.1. The predicted molar refractivity (Wildman–Crippen MR) is 245 cm³/mol. The van der Waals surface area contributed by atoms with Gasteiger partial charge in [0.05, 0.1) is 12.0 Å². The normalized spacial score (nSPS) is 12.3. The number of carbonyl (C=O) groups excluding carboxylic acids is 1. The number of nitrogens with zero attached hydrogens (tertiary/aromatic N) is 2. The molecule has 4 aromatic rings. The first kappa shape index (κ1) is 49.5. The van der Waals surface area contributed by atoms with Gasteiger partial charge in [-0.25, -0.2) is 4.67 Å². The van der Waals surface area contributed by atoms with Crippen LogP contribution in [0.15, 0.2) is 103 Å².